The van der Waals surface area contributed by atoms with Crippen molar-refractivity contribution >= 4 is 59.5 Å². The number of unbranched alkanes of at least 4 members (excludes halogenated alkanes) is 1. The Morgan fingerprint density at radius 1 is 1.09 bits per heavy atom. The smallest absolute Gasteiger partial charge is 0.303 e. The van der Waals surface area contributed by atoms with Gasteiger partial charge in [-0.3, -0.25) is 0 Å². The van der Waals surface area contributed by atoms with Crippen LogP contribution in [0, 0.1) is 0 Å². The molecule has 0 unspecified atom stereocenters. The Hall–Kier alpha value is 1.55. The van der Waals surface area contributed by atoms with Crippen molar-refractivity contribution < 1.29 is 0 Å². The van der Waals surface area contributed by atoms with E-state index in [2.05, 4.69) is 6.92 Å². The maximum Gasteiger partial charge on any atom is 0.304 e. The number of rotatable bonds is 5. The molecule has 0 aliphatic carbocycles. The van der Waals surface area contributed by atoms with Crippen LogP contribution in [0.2, 0.25) is 0 Å². The average Bonchev–Trinajstić information content (AvgIpc) is 1.87. The molecule has 0 rings (SSSR count). The van der Waals surface area contributed by atoms with Gasteiger partial charge in [0.05, 0.1) is 0 Å². The van der Waals surface area contributed by atoms with Crippen molar-refractivity contribution in [2.75, 3.05) is 6.54 Å². The van der Waals surface area contributed by atoms with Gasteiger partial charge >= 0.3 is 15.2 Å². The van der Waals surface area contributed by atoms with Crippen molar-refractivity contribution in [1.82, 2.24) is 4.23 Å². The molecule has 0 amide bonds. The molecule has 0 N–H and O–H groups in total. The molecule has 0 spiro atoms. The molecule has 68 valence electrons. The molecule has 0 saturated heterocycles. The van der Waals surface area contributed by atoms with Crippen molar-refractivity contribution in [3.8, 4) is 0 Å². The van der Waals surface area contributed by atoms with Crippen LogP contribution in [0.15, 0.2) is 0 Å². The monoisotopic (exact) mass is 269 g/mol. The minimum Gasteiger partial charge on any atom is -0.303 e. The van der Waals surface area contributed by atoms with Crippen LogP contribution < -0.4 is 0 Å². The van der Waals surface area contributed by atoms with E-state index in [-0.39, 0.29) is 0 Å². The lowest BCUT2D eigenvalue weighted by Crippen LogP contribution is -2.38. The maximum atomic E-state index is 5.77. The van der Waals surface area contributed by atoms with Gasteiger partial charge in [0, 0.05) is 0 Å². The Balaban J connectivity index is 3.70. The minimum absolute atomic E-state index is 0.851. The topological polar surface area (TPSA) is 3.24 Å². The Morgan fingerprint density at radius 3 is 1.82 bits per heavy atom. The summed E-state index contributed by atoms with van der Waals surface area (Å²) in [6.07, 6.45) is 2.17. The zero-order chi connectivity index (χ0) is 8.85. The number of hydrogen-bond donors (Lipinski definition) is 0. The zero-order valence-corrected chi connectivity index (χ0v) is 11.6. The fourth-order valence-electron chi connectivity index (χ4n) is 0.621. The summed E-state index contributed by atoms with van der Waals surface area (Å²) < 4.78 is 1.88. The van der Waals surface area contributed by atoms with E-state index in [9.17, 15) is 0 Å². The fraction of sp³-hybridized carbons (Fsp3) is 1.00. The van der Waals surface area contributed by atoms with E-state index in [0.717, 1.165) is 19.4 Å². The number of hydrogen-bond acceptors (Lipinski definition) is 1. The van der Waals surface area contributed by atoms with Gasteiger partial charge in [-0.25, -0.2) is 0 Å². The first kappa shape index (κ1) is 12.6. The molecule has 0 fully saturated rings. The summed E-state index contributed by atoms with van der Waals surface area (Å²) in [6.45, 7) is 2.96. The van der Waals surface area contributed by atoms with Crippen molar-refractivity contribution in [2.45, 2.75) is 19.8 Å². The van der Waals surface area contributed by atoms with E-state index >= 15 is 0 Å². The van der Waals surface area contributed by atoms with Crippen molar-refractivity contribution in [3.05, 3.63) is 0 Å². The third kappa shape index (κ3) is 5.74. The molecule has 0 radical (unpaired) electrons. The normalized spacial score (nSPS) is 12.0. The van der Waals surface area contributed by atoms with Crippen LogP contribution in [0.5, 0.6) is 0 Å². The molecule has 0 saturated carbocycles. The summed E-state index contributed by atoms with van der Waals surface area (Å²) in [5, 5.41) is 0. The molecule has 0 aromatic heterocycles. The van der Waals surface area contributed by atoms with Gasteiger partial charge < -0.3 is 4.23 Å². The van der Waals surface area contributed by atoms with Crippen LogP contribution in [0.4, 0.5) is 0 Å². The van der Waals surface area contributed by atoms with Crippen molar-refractivity contribution in [1.29, 1.82) is 0 Å². The lowest BCUT2D eigenvalue weighted by Gasteiger charge is -2.22. The molecular weight excluding hydrogens is 260 g/mol. The van der Waals surface area contributed by atoms with Crippen LogP contribution in [0.25, 0.3) is 0 Å². The second-order valence-electron chi connectivity index (χ2n) is 2.15. The van der Waals surface area contributed by atoms with Gasteiger partial charge in [-0.2, -0.15) is 0 Å². The summed E-state index contributed by atoms with van der Waals surface area (Å²) in [4.78, 5) is 0. The Labute approximate surface area is 89.7 Å². The van der Waals surface area contributed by atoms with Gasteiger partial charge in [-0.05, 0) is 13.0 Å². The summed E-state index contributed by atoms with van der Waals surface area (Å²) in [6, 6.07) is 0. The summed E-state index contributed by atoms with van der Waals surface area (Å²) >= 11 is 23.1. The highest BCUT2D eigenvalue weighted by Gasteiger charge is 2.22. The maximum absolute atomic E-state index is 5.77. The number of nitrogens with zero attached hydrogens (tertiary/aromatic N) is 1. The summed E-state index contributed by atoms with van der Waals surface area (Å²) in [5.41, 5.74) is 0. The second-order valence-corrected chi connectivity index (χ2v) is 11.5. The Morgan fingerprint density at radius 2 is 1.55 bits per heavy atom. The molecule has 0 aliphatic heterocycles. The lowest BCUT2D eigenvalue weighted by atomic mass is 10.3. The van der Waals surface area contributed by atoms with E-state index in [0.29, 0.717) is 0 Å². The van der Waals surface area contributed by atoms with E-state index in [1.807, 2.05) is 4.23 Å². The minimum atomic E-state index is -1.80. The molecule has 0 aliphatic rings. The number of halogens is 4. The van der Waals surface area contributed by atoms with Crippen LogP contribution in [0.1, 0.15) is 19.8 Å². The second kappa shape index (κ2) is 7.01. The van der Waals surface area contributed by atoms with Gasteiger partial charge in [0.1, 0.15) is 0 Å². The molecule has 0 aromatic carbocycles. The van der Waals surface area contributed by atoms with Crippen molar-refractivity contribution in [2.24, 2.45) is 0 Å². The highest BCUT2D eigenvalue weighted by molar-refractivity contribution is 7.42. The van der Waals surface area contributed by atoms with Crippen LogP contribution in [0.3, 0.4) is 0 Å². The van der Waals surface area contributed by atoms with E-state index in [1.165, 1.54) is 0 Å². The quantitative estimate of drug-likeness (QED) is 0.548. The first-order valence-electron chi connectivity index (χ1n) is 3.41. The summed E-state index contributed by atoms with van der Waals surface area (Å²) in [5.74, 6) is 0. The standard InChI is InChI=1S/C4H11Cl4NSi2/c1-2-3-4-9(10(5)6)11(7)8/h10-11H,2-4H2,1H3. The fourth-order valence-corrected chi connectivity index (χ4v) is 9.36. The van der Waals surface area contributed by atoms with Crippen LogP contribution in [-0.2, 0) is 0 Å². The zero-order valence-electron chi connectivity index (χ0n) is 6.24. The highest BCUT2D eigenvalue weighted by atomic mass is 35.7. The lowest BCUT2D eigenvalue weighted by molar-refractivity contribution is 0.622. The van der Waals surface area contributed by atoms with E-state index < -0.39 is 15.2 Å². The largest absolute Gasteiger partial charge is 0.304 e. The molecular formula is C4H11Cl4NSi2. The van der Waals surface area contributed by atoms with E-state index in [4.69, 9.17) is 44.3 Å². The third-order valence-corrected chi connectivity index (χ3v) is 9.86. The summed E-state index contributed by atoms with van der Waals surface area (Å²) in [7, 11) is -3.60. The molecule has 0 aromatic rings. The molecule has 11 heavy (non-hydrogen) atoms. The predicted molar refractivity (Wildman–Crippen MR) is 59.3 cm³/mol. The van der Waals surface area contributed by atoms with Crippen LogP contribution in [-0.4, -0.2) is 25.9 Å². The van der Waals surface area contributed by atoms with Crippen molar-refractivity contribution in [3.63, 3.8) is 0 Å². The SMILES string of the molecule is CCCCN([SiH](Cl)Cl)[SiH](Cl)Cl. The van der Waals surface area contributed by atoms with Gasteiger partial charge in [-0.15, -0.1) is 44.3 Å². The van der Waals surface area contributed by atoms with Crippen LogP contribution >= 0.6 is 44.3 Å². The Kier molecular flexibility index (Phi) is 7.99. The molecule has 0 atom stereocenters. The third-order valence-electron chi connectivity index (χ3n) is 1.27. The van der Waals surface area contributed by atoms with E-state index in [1.54, 1.807) is 0 Å². The molecule has 7 heteroatoms. The first-order chi connectivity index (χ1) is 5.09. The highest BCUT2D eigenvalue weighted by Crippen LogP contribution is 2.13. The first-order valence-corrected chi connectivity index (χ1v) is 11.4. The van der Waals surface area contributed by atoms with Gasteiger partial charge in [0.25, 0.3) is 0 Å². The van der Waals surface area contributed by atoms with Gasteiger partial charge in [0.15, 0.2) is 0 Å². The molecule has 1 nitrogen and oxygen atoms in total. The average molecular weight is 271 g/mol. The molecule has 0 heterocycles. The van der Waals surface area contributed by atoms with Gasteiger partial charge in [0.2, 0.25) is 0 Å². The predicted octanol–water partition coefficient (Wildman–Crippen LogP) is 2.48. The Bertz CT molecular complexity index is 94.1. The van der Waals surface area contributed by atoms with Gasteiger partial charge in [-0.1, -0.05) is 13.3 Å². The molecule has 0 bridgehead atoms.